The lowest BCUT2D eigenvalue weighted by Crippen LogP contribution is -2.68. The summed E-state index contributed by atoms with van der Waals surface area (Å²) in [5.41, 5.74) is 0. The highest BCUT2D eigenvalue weighted by atomic mass is 35.7. The van der Waals surface area contributed by atoms with Gasteiger partial charge in [-0.3, -0.25) is 0 Å². The standard InChI is InChI=1S/C11H7S2.ClHO4/c1-2-4-10-8(3-1)9-5-6-12-7-11(9)13-10;2-1(3,4)5/h1-7H;(H,2,3,4,5)/q+1;/p-1. The zero-order chi connectivity index (χ0) is 13.2. The van der Waals surface area contributed by atoms with Gasteiger partial charge in [0.15, 0.2) is 5.38 Å². The molecule has 0 fully saturated rings. The fourth-order valence-electron chi connectivity index (χ4n) is 1.55. The van der Waals surface area contributed by atoms with Gasteiger partial charge < -0.3 is 0 Å². The fraction of sp³-hybridized carbons (Fsp3) is 0. The minimum absolute atomic E-state index is 1.38. The largest absolute Gasteiger partial charge is 0.222 e. The molecule has 0 aliphatic heterocycles. The third kappa shape index (κ3) is 3.56. The van der Waals surface area contributed by atoms with Crippen LogP contribution in [0.25, 0.3) is 20.2 Å². The zero-order valence-corrected chi connectivity index (χ0v) is 11.3. The van der Waals surface area contributed by atoms with Crippen molar-refractivity contribution >= 4 is 42.8 Å². The van der Waals surface area contributed by atoms with Gasteiger partial charge in [0.25, 0.3) is 0 Å². The molecule has 7 heteroatoms. The van der Waals surface area contributed by atoms with Gasteiger partial charge in [-0.1, -0.05) is 18.2 Å². The van der Waals surface area contributed by atoms with Crippen LogP contribution >= 0.6 is 22.7 Å². The Balaban J connectivity index is 0.000000209. The number of rotatable bonds is 0. The third-order valence-corrected chi connectivity index (χ3v) is 4.10. The molecule has 3 rings (SSSR count). The molecular formula is C11H7ClO4S2. The first-order valence-corrected chi connectivity index (χ1v) is 7.73. The van der Waals surface area contributed by atoms with Crippen LogP contribution in [0.5, 0.6) is 0 Å². The van der Waals surface area contributed by atoms with Crippen molar-refractivity contribution in [2.24, 2.45) is 0 Å². The van der Waals surface area contributed by atoms with Crippen LogP contribution in [0.1, 0.15) is 0 Å². The van der Waals surface area contributed by atoms with E-state index in [4.69, 9.17) is 18.6 Å². The SMILES string of the molecule is [O-][Cl+3]([O-])([O-])[O-].c1ccc2c(c1)sc1c[s+]ccc12. The van der Waals surface area contributed by atoms with E-state index in [-0.39, 0.29) is 0 Å². The molecule has 0 amide bonds. The lowest BCUT2D eigenvalue weighted by atomic mass is 10.2. The Labute approximate surface area is 113 Å². The van der Waals surface area contributed by atoms with Crippen LogP contribution in [-0.4, -0.2) is 0 Å². The van der Waals surface area contributed by atoms with Crippen LogP contribution in [0.4, 0.5) is 0 Å². The predicted molar refractivity (Wildman–Crippen MR) is 61.6 cm³/mol. The summed E-state index contributed by atoms with van der Waals surface area (Å²) >= 11 is 3.63. The maximum atomic E-state index is 8.49. The maximum Gasteiger partial charge on any atom is 0.213 e. The van der Waals surface area contributed by atoms with E-state index in [0.29, 0.717) is 0 Å². The van der Waals surface area contributed by atoms with Crippen LogP contribution < -0.4 is 18.6 Å². The summed E-state index contributed by atoms with van der Waals surface area (Å²) < 4.78 is 36.8. The molecule has 0 saturated carbocycles. The van der Waals surface area contributed by atoms with E-state index < -0.39 is 10.2 Å². The first-order valence-electron chi connectivity index (χ1n) is 4.73. The highest BCUT2D eigenvalue weighted by Crippen LogP contribution is 2.33. The number of hydrogen-bond donors (Lipinski definition) is 0. The van der Waals surface area contributed by atoms with Crippen LogP contribution in [0.2, 0.25) is 0 Å². The molecule has 1 aromatic carbocycles. The topological polar surface area (TPSA) is 92.2 Å². The van der Waals surface area contributed by atoms with Gasteiger partial charge in [0.05, 0.1) is 4.70 Å². The van der Waals surface area contributed by atoms with Crippen molar-refractivity contribution in [2.75, 3.05) is 0 Å². The van der Waals surface area contributed by atoms with Gasteiger partial charge in [0.1, 0.15) is 0 Å². The lowest BCUT2D eigenvalue weighted by molar-refractivity contribution is -2.00. The summed E-state index contributed by atoms with van der Waals surface area (Å²) in [5.74, 6) is 0. The number of fused-ring (bicyclic) bond motifs is 3. The molecule has 4 nitrogen and oxygen atoms in total. The van der Waals surface area contributed by atoms with Crippen LogP contribution in [0, 0.1) is 10.2 Å². The average molecular weight is 303 g/mol. The van der Waals surface area contributed by atoms with Crippen molar-refractivity contribution in [3.8, 4) is 0 Å². The molecule has 94 valence electrons. The Hall–Kier alpha value is -0.860. The summed E-state index contributed by atoms with van der Waals surface area (Å²) in [6.45, 7) is 0. The molecule has 2 heterocycles. The lowest BCUT2D eigenvalue weighted by Gasteiger charge is -2.17. The molecule has 0 radical (unpaired) electrons. The van der Waals surface area contributed by atoms with Gasteiger partial charge in [-0.2, -0.15) is 0 Å². The second kappa shape index (κ2) is 5.41. The van der Waals surface area contributed by atoms with Gasteiger partial charge in [0.2, 0.25) is 16.7 Å². The summed E-state index contributed by atoms with van der Waals surface area (Å²) in [6.07, 6.45) is 0. The minimum atomic E-state index is -4.94. The molecule has 0 saturated heterocycles. The molecule has 3 aromatic rings. The van der Waals surface area contributed by atoms with Crippen molar-refractivity contribution in [1.82, 2.24) is 0 Å². The fourth-order valence-corrected chi connectivity index (χ4v) is 3.41. The summed E-state index contributed by atoms with van der Waals surface area (Å²) in [7, 11) is -4.94. The summed E-state index contributed by atoms with van der Waals surface area (Å²) in [5, 5.41) is 7.14. The molecule has 0 spiro atoms. The minimum Gasteiger partial charge on any atom is -0.222 e. The second-order valence-electron chi connectivity index (χ2n) is 3.31. The second-order valence-corrected chi connectivity index (χ2v) is 5.93. The van der Waals surface area contributed by atoms with E-state index in [1.807, 2.05) is 11.3 Å². The molecule has 0 bridgehead atoms. The van der Waals surface area contributed by atoms with E-state index in [1.54, 1.807) is 11.3 Å². The van der Waals surface area contributed by atoms with Crippen LogP contribution in [-0.2, 0) is 0 Å². The number of hydrogen-bond acceptors (Lipinski definition) is 5. The smallest absolute Gasteiger partial charge is 0.213 e. The predicted octanol–water partition coefficient (Wildman–Crippen LogP) is -0.359. The van der Waals surface area contributed by atoms with Crippen LogP contribution in [0.15, 0.2) is 41.1 Å². The van der Waals surface area contributed by atoms with Crippen molar-refractivity contribution < 1.29 is 28.9 Å². The Morgan fingerprint density at radius 1 is 0.889 bits per heavy atom. The van der Waals surface area contributed by atoms with E-state index in [9.17, 15) is 0 Å². The van der Waals surface area contributed by atoms with Crippen molar-refractivity contribution in [3.63, 3.8) is 0 Å². The molecular weight excluding hydrogens is 296 g/mol. The van der Waals surface area contributed by atoms with E-state index >= 15 is 0 Å². The summed E-state index contributed by atoms with van der Waals surface area (Å²) in [6, 6.07) is 10.8. The van der Waals surface area contributed by atoms with Gasteiger partial charge in [0, 0.05) is 21.5 Å². The molecule has 0 aliphatic carbocycles. The third-order valence-electron chi connectivity index (χ3n) is 2.15. The quantitative estimate of drug-likeness (QED) is 0.530. The monoisotopic (exact) mass is 302 g/mol. The van der Waals surface area contributed by atoms with Gasteiger partial charge in [-0.15, -0.1) is 21.6 Å². The normalized spacial score (nSPS) is 11.3. The Kier molecular flexibility index (Phi) is 4.08. The van der Waals surface area contributed by atoms with E-state index in [0.717, 1.165) is 0 Å². The molecule has 18 heavy (non-hydrogen) atoms. The number of halogens is 1. The number of thiophene rings is 1. The van der Waals surface area contributed by atoms with Crippen LogP contribution in [0.3, 0.4) is 0 Å². The van der Waals surface area contributed by atoms with E-state index in [1.165, 1.54) is 20.2 Å². The molecule has 0 N–H and O–H groups in total. The highest BCUT2D eigenvalue weighted by Gasteiger charge is 2.05. The first kappa shape index (κ1) is 13.6. The van der Waals surface area contributed by atoms with Crippen molar-refractivity contribution in [2.45, 2.75) is 0 Å². The van der Waals surface area contributed by atoms with Crippen molar-refractivity contribution in [1.29, 1.82) is 0 Å². The first-order chi connectivity index (χ1) is 8.45. The maximum absolute atomic E-state index is 8.49. The van der Waals surface area contributed by atoms with Gasteiger partial charge in [-0.25, -0.2) is 18.6 Å². The Morgan fingerprint density at radius 2 is 1.50 bits per heavy atom. The molecule has 0 atom stereocenters. The van der Waals surface area contributed by atoms with Gasteiger partial charge >= 0.3 is 0 Å². The summed E-state index contributed by atoms with van der Waals surface area (Å²) in [4.78, 5) is 0. The number of benzene rings is 1. The molecule has 0 unspecified atom stereocenters. The van der Waals surface area contributed by atoms with Crippen molar-refractivity contribution in [3.05, 3.63) is 41.1 Å². The molecule has 0 aliphatic rings. The average Bonchev–Trinajstić information content (AvgIpc) is 2.65. The Morgan fingerprint density at radius 3 is 2.22 bits per heavy atom. The highest BCUT2D eigenvalue weighted by molar-refractivity contribution is 7.27. The zero-order valence-electron chi connectivity index (χ0n) is 8.87. The molecule has 2 aromatic heterocycles. The van der Waals surface area contributed by atoms with Gasteiger partial charge in [-0.05, 0) is 6.07 Å². The van der Waals surface area contributed by atoms with E-state index in [2.05, 4.69) is 41.1 Å². The Bertz CT molecular complexity index is 606.